The first-order valence-corrected chi connectivity index (χ1v) is 27.8. The number of phosphoric acid groups is 1. The molecule has 3 unspecified atom stereocenters. The standard InChI is InChI=1S/C53H101N2O7P/c1-7-10-13-16-19-22-25-26-27-28-31-33-36-39-42-45-52(56)54-50(49-61-63(58,59)60-48-47-55(4,5)6)51(44-41-38-35-32-29-23-20-17-14-11-8-2)62-53(57)46-43-40-37-34-30-24-21-18-15-12-9-3/h19,22,25-26,41,44,50-51H,7-18,20-21,23-24,27-40,42-43,45-49H2,1-6H3,(H-,54,56,58,59)/b22-19+,26-25+,44-41+. The van der Waals surface area contributed by atoms with Crippen molar-refractivity contribution in [2.24, 2.45) is 0 Å². The van der Waals surface area contributed by atoms with E-state index in [4.69, 9.17) is 13.8 Å². The highest BCUT2D eigenvalue weighted by atomic mass is 31.2. The van der Waals surface area contributed by atoms with Crippen LogP contribution in [0.15, 0.2) is 36.5 Å². The molecule has 0 heterocycles. The number of nitrogens with zero attached hydrogens (tertiary/aromatic N) is 1. The number of ether oxygens (including phenoxy) is 1. The molecule has 0 aliphatic rings. The van der Waals surface area contributed by atoms with Crippen LogP contribution in [0.3, 0.4) is 0 Å². The molecule has 0 fully saturated rings. The summed E-state index contributed by atoms with van der Waals surface area (Å²) in [6, 6.07) is -0.887. The molecule has 0 bridgehead atoms. The van der Waals surface area contributed by atoms with Gasteiger partial charge in [0.15, 0.2) is 0 Å². The van der Waals surface area contributed by atoms with Gasteiger partial charge < -0.3 is 28.5 Å². The fourth-order valence-corrected chi connectivity index (χ4v) is 8.18. The van der Waals surface area contributed by atoms with Gasteiger partial charge in [-0.25, -0.2) is 0 Å². The number of unbranched alkanes of at least 4 members (excludes halogenated alkanes) is 28. The minimum absolute atomic E-state index is 0.0233. The second kappa shape index (κ2) is 44.1. The van der Waals surface area contributed by atoms with Crippen LogP contribution in [0, 0.1) is 0 Å². The Hall–Kier alpha value is -1.77. The van der Waals surface area contributed by atoms with Crippen molar-refractivity contribution in [3.8, 4) is 0 Å². The van der Waals surface area contributed by atoms with E-state index >= 15 is 0 Å². The van der Waals surface area contributed by atoms with E-state index in [1.54, 1.807) is 0 Å². The minimum atomic E-state index is -4.68. The number of phosphoric ester groups is 1. The molecule has 1 N–H and O–H groups in total. The molecule has 0 radical (unpaired) electrons. The molecule has 1 amide bonds. The number of carbonyl (C=O) groups excluding carboxylic acids is 2. The van der Waals surface area contributed by atoms with E-state index in [1.165, 1.54) is 122 Å². The fraction of sp³-hybridized carbons (Fsp3) is 0.849. The third kappa shape index (κ3) is 45.2. The number of hydrogen-bond donors (Lipinski definition) is 1. The van der Waals surface area contributed by atoms with Crippen LogP contribution in [0.25, 0.3) is 0 Å². The first-order chi connectivity index (χ1) is 30.4. The van der Waals surface area contributed by atoms with E-state index in [1.807, 2.05) is 33.3 Å². The maximum Gasteiger partial charge on any atom is 0.306 e. The zero-order valence-corrected chi connectivity index (χ0v) is 42.9. The summed E-state index contributed by atoms with van der Waals surface area (Å²) in [5.41, 5.74) is 0. The summed E-state index contributed by atoms with van der Waals surface area (Å²) in [4.78, 5) is 39.6. The second-order valence-corrected chi connectivity index (χ2v) is 20.5. The van der Waals surface area contributed by atoms with Gasteiger partial charge in [-0.2, -0.15) is 0 Å². The van der Waals surface area contributed by atoms with E-state index in [0.717, 1.165) is 83.5 Å². The summed E-state index contributed by atoms with van der Waals surface area (Å²) in [5.74, 6) is -0.552. The maximum atomic E-state index is 13.4. The molecule has 0 saturated heterocycles. The van der Waals surface area contributed by atoms with E-state index < -0.39 is 26.6 Å². The molecule has 10 heteroatoms. The maximum absolute atomic E-state index is 13.4. The van der Waals surface area contributed by atoms with Crippen molar-refractivity contribution < 1.29 is 37.3 Å². The zero-order chi connectivity index (χ0) is 46.5. The van der Waals surface area contributed by atoms with Crippen molar-refractivity contribution in [1.29, 1.82) is 0 Å². The minimum Gasteiger partial charge on any atom is -0.756 e. The first-order valence-electron chi connectivity index (χ1n) is 26.3. The molecule has 0 aliphatic heterocycles. The van der Waals surface area contributed by atoms with Crippen molar-refractivity contribution in [1.82, 2.24) is 5.32 Å². The van der Waals surface area contributed by atoms with Gasteiger partial charge in [0.25, 0.3) is 7.82 Å². The molecule has 0 rings (SSSR count). The van der Waals surface area contributed by atoms with Crippen molar-refractivity contribution in [3.05, 3.63) is 36.5 Å². The van der Waals surface area contributed by atoms with E-state index in [2.05, 4.69) is 50.4 Å². The van der Waals surface area contributed by atoms with E-state index in [0.29, 0.717) is 17.4 Å². The Morgan fingerprint density at radius 2 is 0.952 bits per heavy atom. The van der Waals surface area contributed by atoms with Crippen LogP contribution in [0.5, 0.6) is 0 Å². The molecular formula is C53H101N2O7P. The number of esters is 1. The Kier molecular flexibility index (Phi) is 42.8. The topological polar surface area (TPSA) is 114 Å². The predicted molar refractivity (Wildman–Crippen MR) is 266 cm³/mol. The molecule has 0 aromatic carbocycles. The summed E-state index contributed by atoms with van der Waals surface area (Å²) < 4.78 is 30.1. The average Bonchev–Trinajstić information content (AvgIpc) is 3.23. The van der Waals surface area contributed by atoms with Gasteiger partial charge in [0, 0.05) is 12.8 Å². The quantitative estimate of drug-likeness (QED) is 0.0161. The summed E-state index contributed by atoms with van der Waals surface area (Å²) in [7, 11) is 1.18. The van der Waals surface area contributed by atoms with Gasteiger partial charge in [-0.05, 0) is 57.4 Å². The molecule has 63 heavy (non-hydrogen) atoms. The zero-order valence-electron chi connectivity index (χ0n) is 42.0. The van der Waals surface area contributed by atoms with E-state index in [-0.39, 0.29) is 24.9 Å². The smallest absolute Gasteiger partial charge is 0.306 e. The van der Waals surface area contributed by atoms with Crippen molar-refractivity contribution >= 4 is 19.7 Å². The largest absolute Gasteiger partial charge is 0.756 e. The third-order valence-electron chi connectivity index (χ3n) is 11.6. The van der Waals surface area contributed by atoms with Crippen LogP contribution in [0.2, 0.25) is 0 Å². The molecule has 9 nitrogen and oxygen atoms in total. The molecule has 0 aromatic heterocycles. The van der Waals surface area contributed by atoms with Gasteiger partial charge in [0.05, 0.1) is 33.8 Å². The molecular weight excluding hydrogens is 808 g/mol. The first kappa shape index (κ1) is 61.2. The average molecular weight is 909 g/mol. The Bertz CT molecular complexity index is 1180. The summed E-state index contributed by atoms with van der Waals surface area (Å²) in [6.45, 7) is 6.78. The monoisotopic (exact) mass is 909 g/mol. The van der Waals surface area contributed by atoms with Crippen LogP contribution >= 0.6 is 7.82 Å². The van der Waals surface area contributed by atoms with Crippen LogP contribution in [-0.2, 0) is 27.9 Å². The number of carbonyl (C=O) groups is 2. The van der Waals surface area contributed by atoms with Gasteiger partial charge in [-0.1, -0.05) is 205 Å². The predicted octanol–water partition coefficient (Wildman–Crippen LogP) is 14.6. The number of rotatable bonds is 47. The Labute approximate surface area is 389 Å². The highest BCUT2D eigenvalue weighted by Gasteiger charge is 2.27. The van der Waals surface area contributed by atoms with Gasteiger partial charge >= 0.3 is 5.97 Å². The lowest BCUT2D eigenvalue weighted by molar-refractivity contribution is -0.870. The number of amides is 1. The molecule has 0 saturated carbocycles. The lowest BCUT2D eigenvalue weighted by Crippen LogP contribution is -2.47. The molecule has 3 atom stereocenters. The van der Waals surface area contributed by atoms with Crippen LogP contribution in [0.4, 0.5) is 0 Å². The highest BCUT2D eigenvalue weighted by Crippen LogP contribution is 2.38. The molecule has 370 valence electrons. The second-order valence-electron chi connectivity index (χ2n) is 19.1. The highest BCUT2D eigenvalue weighted by molar-refractivity contribution is 7.45. The Morgan fingerprint density at radius 1 is 0.556 bits per heavy atom. The number of likely N-dealkylation sites (N-methyl/N-ethyl adjacent to an activating group) is 1. The summed E-state index contributed by atoms with van der Waals surface area (Å²) in [5, 5.41) is 3.00. The Morgan fingerprint density at radius 3 is 1.43 bits per heavy atom. The SMILES string of the molecule is CCCCC/C=C/C=C/CCCCCCCCC(=O)NC(COP(=O)([O-])OCC[N+](C)(C)C)C(/C=C/CCCCCCCCCCC)OC(=O)CCCCCCCCCCCCC. The van der Waals surface area contributed by atoms with Gasteiger partial charge in [0.2, 0.25) is 5.91 Å². The third-order valence-corrected chi connectivity index (χ3v) is 12.6. The van der Waals surface area contributed by atoms with E-state index in [9.17, 15) is 19.0 Å². The normalized spacial score (nSPS) is 14.2. The summed E-state index contributed by atoms with van der Waals surface area (Å²) in [6.07, 6.45) is 49.6. The lowest BCUT2D eigenvalue weighted by Gasteiger charge is -2.30. The number of allylic oxidation sites excluding steroid dienone is 5. The van der Waals surface area contributed by atoms with Crippen LogP contribution < -0.4 is 10.2 Å². The van der Waals surface area contributed by atoms with Gasteiger partial charge in [-0.15, -0.1) is 0 Å². The van der Waals surface area contributed by atoms with Crippen molar-refractivity contribution in [3.63, 3.8) is 0 Å². The fourth-order valence-electron chi connectivity index (χ4n) is 7.45. The van der Waals surface area contributed by atoms with Crippen molar-refractivity contribution in [2.75, 3.05) is 40.9 Å². The number of hydrogen-bond acceptors (Lipinski definition) is 7. The number of quaternary nitrogens is 1. The molecule has 0 aliphatic carbocycles. The van der Waals surface area contributed by atoms with Crippen molar-refractivity contribution in [2.45, 2.75) is 251 Å². The van der Waals surface area contributed by atoms with Gasteiger partial charge in [0.1, 0.15) is 19.3 Å². The Balaban J connectivity index is 5.41. The molecule has 0 aromatic rings. The number of nitrogens with one attached hydrogen (secondary N) is 1. The molecule has 0 spiro atoms. The van der Waals surface area contributed by atoms with Crippen LogP contribution in [-0.4, -0.2) is 69.4 Å². The summed E-state index contributed by atoms with van der Waals surface area (Å²) >= 11 is 0. The lowest BCUT2D eigenvalue weighted by atomic mass is 10.0. The van der Waals surface area contributed by atoms with Crippen LogP contribution in [0.1, 0.15) is 239 Å². The van der Waals surface area contributed by atoms with Gasteiger partial charge in [-0.3, -0.25) is 14.2 Å².